The molecule has 0 aromatic heterocycles. The molecule has 102 valence electrons. The standard InChI is InChI=1S/C13H20O5/c1-8(2)10(14)17-7-13(5,6)12(16)18-11(15)9(3)4/h12,16H,1,3,7H2,2,4-6H3. The second kappa shape index (κ2) is 6.35. The van der Waals surface area contributed by atoms with Gasteiger partial charge in [-0.1, -0.05) is 27.0 Å². The highest BCUT2D eigenvalue weighted by atomic mass is 16.6. The number of esters is 2. The van der Waals surface area contributed by atoms with Crippen LogP contribution in [-0.2, 0) is 19.1 Å². The van der Waals surface area contributed by atoms with Crippen LogP contribution in [0, 0.1) is 5.41 Å². The Morgan fingerprint density at radius 1 is 1.17 bits per heavy atom. The first-order chi connectivity index (χ1) is 8.08. The van der Waals surface area contributed by atoms with Crippen molar-refractivity contribution >= 4 is 11.9 Å². The summed E-state index contributed by atoms with van der Waals surface area (Å²) in [6, 6.07) is 0. The molecule has 5 heteroatoms. The van der Waals surface area contributed by atoms with Gasteiger partial charge in [0.25, 0.3) is 0 Å². The monoisotopic (exact) mass is 256 g/mol. The van der Waals surface area contributed by atoms with Gasteiger partial charge in [0.15, 0.2) is 0 Å². The molecule has 1 N–H and O–H groups in total. The van der Waals surface area contributed by atoms with Crippen LogP contribution in [0.25, 0.3) is 0 Å². The molecule has 0 aliphatic heterocycles. The van der Waals surface area contributed by atoms with Gasteiger partial charge in [-0.15, -0.1) is 0 Å². The van der Waals surface area contributed by atoms with Crippen LogP contribution in [0.2, 0.25) is 0 Å². The van der Waals surface area contributed by atoms with Gasteiger partial charge >= 0.3 is 11.9 Å². The van der Waals surface area contributed by atoms with E-state index in [1.165, 1.54) is 13.8 Å². The van der Waals surface area contributed by atoms with E-state index in [0.717, 1.165) is 0 Å². The highest BCUT2D eigenvalue weighted by molar-refractivity contribution is 5.87. The lowest BCUT2D eigenvalue weighted by Gasteiger charge is -2.29. The molecule has 0 amide bonds. The van der Waals surface area contributed by atoms with Crippen LogP contribution in [0.1, 0.15) is 27.7 Å². The third-order valence-electron chi connectivity index (χ3n) is 2.16. The molecule has 0 saturated heterocycles. The fourth-order valence-electron chi connectivity index (χ4n) is 0.808. The number of hydrogen-bond acceptors (Lipinski definition) is 5. The molecule has 0 aromatic carbocycles. The molecule has 1 atom stereocenters. The predicted molar refractivity (Wildman–Crippen MR) is 66.5 cm³/mol. The third kappa shape index (κ3) is 5.14. The summed E-state index contributed by atoms with van der Waals surface area (Å²) < 4.78 is 9.69. The zero-order valence-corrected chi connectivity index (χ0v) is 11.3. The highest BCUT2D eigenvalue weighted by Gasteiger charge is 2.33. The van der Waals surface area contributed by atoms with Crippen molar-refractivity contribution < 1.29 is 24.2 Å². The minimum atomic E-state index is -1.39. The van der Waals surface area contributed by atoms with Crippen molar-refractivity contribution in [2.45, 2.75) is 34.0 Å². The Morgan fingerprint density at radius 3 is 2.00 bits per heavy atom. The van der Waals surface area contributed by atoms with Crippen molar-refractivity contribution in [2.75, 3.05) is 6.61 Å². The predicted octanol–water partition coefficient (Wildman–Crippen LogP) is 1.57. The first-order valence-corrected chi connectivity index (χ1v) is 5.45. The quantitative estimate of drug-likeness (QED) is 0.443. The lowest BCUT2D eigenvalue weighted by molar-refractivity contribution is -0.192. The molecule has 0 heterocycles. The molecule has 0 fully saturated rings. The SMILES string of the molecule is C=C(C)C(=O)OCC(C)(C)C(O)OC(=O)C(=C)C. The van der Waals surface area contributed by atoms with Crippen LogP contribution < -0.4 is 0 Å². The molecular formula is C13H20O5. The number of aliphatic hydroxyl groups excluding tert-OH is 1. The molecule has 0 spiro atoms. The van der Waals surface area contributed by atoms with Gasteiger partial charge in [-0.2, -0.15) is 0 Å². The van der Waals surface area contributed by atoms with Crippen molar-refractivity contribution in [1.29, 1.82) is 0 Å². The summed E-state index contributed by atoms with van der Waals surface area (Å²) in [5.74, 6) is -1.25. The van der Waals surface area contributed by atoms with Crippen molar-refractivity contribution in [1.82, 2.24) is 0 Å². The van der Waals surface area contributed by atoms with E-state index in [1.807, 2.05) is 0 Å². The van der Waals surface area contributed by atoms with Crippen LogP contribution in [0.3, 0.4) is 0 Å². The smallest absolute Gasteiger partial charge is 0.335 e. The number of rotatable bonds is 6. The number of carbonyl (C=O) groups excluding carboxylic acids is 2. The van der Waals surface area contributed by atoms with Crippen molar-refractivity contribution in [3.63, 3.8) is 0 Å². The largest absolute Gasteiger partial charge is 0.462 e. The third-order valence-corrected chi connectivity index (χ3v) is 2.16. The van der Waals surface area contributed by atoms with E-state index >= 15 is 0 Å². The van der Waals surface area contributed by atoms with E-state index in [2.05, 4.69) is 13.2 Å². The Morgan fingerprint density at radius 2 is 1.61 bits per heavy atom. The van der Waals surface area contributed by atoms with E-state index in [4.69, 9.17) is 9.47 Å². The van der Waals surface area contributed by atoms with Crippen molar-refractivity contribution in [3.8, 4) is 0 Å². The molecule has 0 bridgehead atoms. The van der Waals surface area contributed by atoms with Gasteiger partial charge in [0.05, 0.1) is 5.41 Å². The molecule has 0 radical (unpaired) electrons. The highest BCUT2D eigenvalue weighted by Crippen LogP contribution is 2.23. The minimum Gasteiger partial charge on any atom is -0.462 e. The average molecular weight is 256 g/mol. The van der Waals surface area contributed by atoms with Crippen LogP contribution in [0.4, 0.5) is 0 Å². The maximum atomic E-state index is 11.2. The van der Waals surface area contributed by atoms with Crippen molar-refractivity contribution in [3.05, 3.63) is 24.3 Å². The Hall–Kier alpha value is -1.62. The number of carbonyl (C=O) groups is 2. The average Bonchev–Trinajstić information content (AvgIpc) is 2.25. The summed E-state index contributed by atoms with van der Waals surface area (Å²) in [5.41, 5.74) is -0.473. The molecule has 0 saturated carbocycles. The van der Waals surface area contributed by atoms with Crippen LogP contribution >= 0.6 is 0 Å². The Balaban J connectivity index is 4.44. The van der Waals surface area contributed by atoms with Gasteiger partial charge in [0, 0.05) is 11.1 Å². The molecule has 0 aromatic rings. The van der Waals surface area contributed by atoms with Crippen LogP contribution in [0.5, 0.6) is 0 Å². The van der Waals surface area contributed by atoms with E-state index in [9.17, 15) is 14.7 Å². The normalized spacial score (nSPS) is 12.5. The zero-order chi connectivity index (χ0) is 14.5. The van der Waals surface area contributed by atoms with Crippen LogP contribution in [-0.4, -0.2) is 29.9 Å². The second-order valence-electron chi connectivity index (χ2n) is 4.88. The van der Waals surface area contributed by atoms with Gasteiger partial charge in [-0.25, -0.2) is 9.59 Å². The molecule has 1 unspecified atom stereocenters. The summed E-state index contributed by atoms with van der Waals surface area (Å²) in [6.07, 6.45) is -1.39. The fourth-order valence-corrected chi connectivity index (χ4v) is 0.808. The second-order valence-corrected chi connectivity index (χ2v) is 4.88. The number of hydrogen-bond donors (Lipinski definition) is 1. The van der Waals surface area contributed by atoms with Gasteiger partial charge in [-0.3, -0.25) is 0 Å². The minimum absolute atomic E-state index is 0.0939. The molecule has 18 heavy (non-hydrogen) atoms. The summed E-state index contributed by atoms with van der Waals surface area (Å²) in [5, 5.41) is 9.75. The molecular weight excluding hydrogens is 236 g/mol. The molecule has 0 aliphatic rings. The van der Waals surface area contributed by atoms with E-state index in [0.29, 0.717) is 0 Å². The summed E-state index contributed by atoms with van der Waals surface area (Å²) in [4.78, 5) is 22.5. The first-order valence-electron chi connectivity index (χ1n) is 5.45. The fraction of sp³-hybridized carbons (Fsp3) is 0.538. The van der Waals surface area contributed by atoms with Crippen molar-refractivity contribution in [2.24, 2.45) is 5.41 Å². The lowest BCUT2D eigenvalue weighted by Crippen LogP contribution is -2.38. The summed E-state index contributed by atoms with van der Waals surface area (Å²) >= 11 is 0. The molecule has 5 nitrogen and oxygen atoms in total. The van der Waals surface area contributed by atoms with E-state index in [-0.39, 0.29) is 17.8 Å². The maximum absolute atomic E-state index is 11.2. The van der Waals surface area contributed by atoms with E-state index in [1.54, 1.807) is 13.8 Å². The number of ether oxygens (including phenoxy) is 2. The lowest BCUT2D eigenvalue weighted by atomic mass is 9.94. The molecule has 0 aliphatic carbocycles. The van der Waals surface area contributed by atoms with Gasteiger partial charge in [-0.05, 0) is 13.8 Å². The topological polar surface area (TPSA) is 72.8 Å². The summed E-state index contributed by atoms with van der Waals surface area (Å²) in [7, 11) is 0. The maximum Gasteiger partial charge on any atom is 0.335 e. The number of aliphatic hydroxyl groups is 1. The summed E-state index contributed by atoms with van der Waals surface area (Å²) in [6.45, 7) is 13.0. The Labute approximate surface area is 107 Å². The Kier molecular flexibility index (Phi) is 5.78. The van der Waals surface area contributed by atoms with Gasteiger partial charge < -0.3 is 14.6 Å². The first kappa shape index (κ1) is 16.4. The Bertz CT molecular complexity index is 368. The zero-order valence-electron chi connectivity index (χ0n) is 11.3. The van der Waals surface area contributed by atoms with Gasteiger partial charge in [0.1, 0.15) is 6.61 Å². The van der Waals surface area contributed by atoms with Gasteiger partial charge in [0.2, 0.25) is 6.29 Å². The molecule has 0 rings (SSSR count). The van der Waals surface area contributed by atoms with E-state index < -0.39 is 23.6 Å². The van der Waals surface area contributed by atoms with Crippen LogP contribution in [0.15, 0.2) is 24.3 Å².